The van der Waals surface area contributed by atoms with Crippen molar-refractivity contribution in [2.24, 2.45) is 11.1 Å². The molecule has 2 unspecified atom stereocenters. The molecule has 1 amide bonds. The van der Waals surface area contributed by atoms with Crippen LogP contribution in [0.2, 0.25) is 0 Å². The minimum absolute atomic E-state index is 0.0561. The van der Waals surface area contributed by atoms with Gasteiger partial charge in [-0.05, 0) is 68.6 Å². The monoisotopic (exact) mass is 405 g/mol. The number of fused-ring (bicyclic) bond motifs is 3. The predicted molar refractivity (Wildman–Crippen MR) is 106 cm³/mol. The fourth-order valence-corrected chi connectivity index (χ4v) is 5.67. The molecule has 2 aromatic rings. The smallest absolute Gasteiger partial charge is 0.261 e. The first-order valence-electron chi connectivity index (χ1n) is 9.11. The summed E-state index contributed by atoms with van der Waals surface area (Å²) < 4.78 is 23.1. The predicted octanol–water partition coefficient (Wildman–Crippen LogP) is 2.28. The van der Waals surface area contributed by atoms with Gasteiger partial charge in [0.05, 0.1) is 9.77 Å². The largest absolute Gasteiger partial charge is 0.347 e. The summed E-state index contributed by atoms with van der Waals surface area (Å²) in [6.07, 6.45) is 2.29. The highest BCUT2D eigenvalue weighted by atomic mass is 32.2. The highest BCUT2D eigenvalue weighted by Crippen LogP contribution is 2.33. The molecule has 3 aliphatic heterocycles. The quantitative estimate of drug-likeness (QED) is 0.816. The normalized spacial score (nSPS) is 27.5. The van der Waals surface area contributed by atoms with E-state index < -0.39 is 10.0 Å². The van der Waals surface area contributed by atoms with Crippen molar-refractivity contribution in [1.29, 1.82) is 0 Å². The summed E-state index contributed by atoms with van der Waals surface area (Å²) in [5.74, 6) is 0.499. The van der Waals surface area contributed by atoms with Crippen molar-refractivity contribution in [3.63, 3.8) is 0 Å². The van der Waals surface area contributed by atoms with E-state index in [2.05, 4.69) is 17.1 Å². The Balaban J connectivity index is 1.52. The van der Waals surface area contributed by atoms with Gasteiger partial charge in [0.25, 0.3) is 5.91 Å². The number of hydrogen-bond acceptors (Lipinski definition) is 5. The van der Waals surface area contributed by atoms with Crippen LogP contribution in [0.5, 0.6) is 0 Å². The Bertz CT molecular complexity index is 960. The van der Waals surface area contributed by atoms with Gasteiger partial charge in [0.1, 0.15) is 0 Å². The molecule has 3 saturated heterocycles. The molecule has 8 heteroatoms. The van der Waals surface area contributed by atoms with E-state index in [-0.39, 0.29) is 16.8 Å². The van der Waals surface area contributed by atoms with Crippen LogP contribution in [0.4, 0.5) is 0 Å². The summed E-state index contributed by atoms with van der Waals surface area (Å²) in [7, 11) is -3.75. The molecule has 1 aromatic heterocycles. The molecule has 3 aliphatic rings. The van der Waals surface area contributed by atoms with E-state index in [9.17, 15) is 13.2 Å². The number of piperidine rings is 3. The summed E-state index contributed by atoms with van der Waals surface area (Å²) in [4.78, 5) is 16.8. The maximum absolute atomic E-state index is 12.8. The Morgan fingerprint density at radius 1 is 1.22 bits per heavy atom. The van der Waals surface area contributed by atoms with Crippen molar-refractivity contribution >= 4 is 27.3 Å². The zero-order valence-corrected chi connectivity index (χ0v) is 16.7. The summed E-state index contributed by atoms with van der Waals surface area (Å²) >= 11 is 1.36. The van der Waals surface area contributed by atoms with Crippen molar-refractivity contribution in [3.8, 4) is 10.4 Å². The number of hydrogen-bond donors (Lipinski definition) is 2. The highest BCUT2D eigenvalue weighted by Gasteiger charge is 2.40. The number of nitrogens with zero attached hydrogens (tertiary/aromatic N) is 1. The van der Waals surface area contributed by atoms with Crippen LogP contribution < -0.4 is 10.5 Å². The molecule has 4 heterocycles. The van der Waals surface area contributed by atoms with E-state index in [1.54, 1.807) is 12.1 Å². The first-order chi connectivity index (χ1) is 12.8. The number of nitrogens with two attached hydrogens (primary N) is 1. The van der Waals surface area contributed by atoms with E-state index in [0.717, 1.165) is 36.4 Å². The Hall–Kier alpha value is -1.74. The number of thiophene rings is 1. The van der Waals surface area contributed by atoms with Crippen LogP contribution in [-0.2, 0) is 10.0 Å². The van der Waals surface area contributed by atoms with E-state index in [1.165, 1.54) is 23.5 Å². The first-order valence-corrected chi connectivity index (χ1v) is 11.5. The minimum atomic E-state index is -3.75. The molecular formula is C19H23N3O3S2. The molecular weight excluding hydrogens is 382 g/mol. The Morgan fingerprint density at radius 3 is 2.63 bits per heavy atom. The Kier molecular flexibility index (Phi) is 4.84. The van der Waals surface area contributed by atoms with Crippen LogP contribution in [0, 0.1) is 5.92 Å². The number of rotatable bonds is 4. The van der Waals surface area contributed by atoms with Gasteiger partial charge in [-0.1, -0.05) is 12.1 Å². The average molecular weight is 406 g/mol. The van der Waals surface area contributed by atoms with E-state index in [1.807, 2.05) is 12.1 Å². The van der Waals surface area contributed by atoms with Gasteiger partial charge in [-0.3, -0.25) is 9.69 Å². The number of benzene rings is 1. The molecule has 144 valence electrons. The number of sulfonamides is 1. The van der Waals surface area contributed by atoms with E-state index >= 15 is 0 Å². The Labute approximate surface area is 163 Å². The second kappa shape index (κ2) is 7.01. The molecule has 1 aromatic carbocycles. The molecule has 6 nitrogen and oxygen atoms in total. The molecule has 0 spiro atoms. The van der Waals surface area contributed by atoms with Crippen molar-refractivity contribution in [2.75, 3.05) is 13.1 Å². The van der Waals surface area contributed by atoms with Crippen LogP contribution in [0.25, 0.3) is 10.4 Å². The van der Waals surface area contributed by atoms with Gasteiger partial charge in [0, 0.05) is 17.0 Å². The average Bonchev–Trinajstić information content (AvgIpc) is 3.15. The second-order valence-electron chi connectivity index (χ2n) is 7.35. The maximum atomic E-state index is 12.8. The van der Waals surface area contributed by atoms with Crippen LogP contribution in [0.15, 0.2) is 41.3 Å². The van der Waals surface area contributed by atoms with Gasteiger partial charge in [0.15, 0.2) is 0 Å². The van der Waals surface area contributed by atoms with Gasteiger partial charge >= 0.3 is 0 Å². The van der Waals surface area contributed by atoms with Crippen molar-refractivity contribution < 1.29 is 13.2 Å². The lowest BCUT2D eigenvalue weighted by molar-refractivity contribution is 0.0218. The van der Waals surface area contributed by atoms with E-state index in [0.29, 0.717) is 16.8 Å². The van der Waals surface area contributed by atoms with E-state index in [4.69, 9.17) is 5.14 Å². The first kappa shape index (κ1) is 18.6. The fraction of sp³-hybridized carbons (Fsp3) is 0.421. The third-order valence-corrected chi connectivity index (χ3v) is 7.80. The lowest BCUT2D eigenvalue weighted by Crippen LogP contribution is -2.62. The van der Waals surface area contributed by atoms with Crippen LogP contribution in [0.1, 0.15) is 29.4 Å². The van der Waals surface area contributed by atoms with Crippen molar-refractivity contribution in [2.45, 2.75) is 36.7 Å². The van der Waals surface area contributed by atoms with Gasteiger partial charge in [0.2, 0.25) is 10.0 Å². The number of amides is 1. The third-order valence-electron chi connectivity index (χ3n) is 5.75. The van der Waals surface area contributed by atoms with Crippen LogP contribution in [0.3, 0.4) is 0 Å². The van der Waals surface area contributed by atoms with Gasteiger partial charge in [-0.25, -0.2) is 13.6 Å². The third kappa shape index (κ3) is 3.67. The molecule has 0 radical (unpaired) electrons. The Morgan fingerprint density at radius 2 is 1.96 bits per heavy atom. The zero-order valence-electron chi connectivity index (χ0n) is 15.1. The maximum Gasteiger partial charge on any atom is 0.261 e. The molecule has 5 rings (SSSR count). The van der Waals surface area contributed by atoms with Gasteiger partial charge in [-0.2, -0.15) is 0 Å². The molecule has 3 fully saturated rings. The van der Waals surface area contributed by atoms with Crippen molar-refractivity contribution in [3.05, 3.63) is 41.3 Å². The van der Waals surface area contributed by atoms with Gasteiger partial charge < -0.3 is 5.32 Å². The second-order valence-corrected chi connectivity index (χ2v) is 10.00. The molecule has 0 aliphatic carbocycles. The summed E-state index contributed by atoms with van der Waals surface area (Å²) in [5.41, 5.74) is 0.738. The van der Waals surface area contributed by atoms with Crippen molar-refractivity contribution in [1.82, 2.24) is 10.2 Å². The minimum Gasteiger partial charge on any atom is -0.347 e. The highest BCUT2D eigenvalue weighted by molar-refractivity contribution is 7.89. The molecule has 0 saturated carbocycles. The lowest BCUT2D eigenvalue weighted by Gasteiger charge is -2.49. The SMILES string of the molecule is CC1C(NC(=O)c2ccc(-c3cccc(S(N)(=O)=O)c3)s2)C2CCN1CC2. The lowest BCUT2D eigenvalue weighted by atomic mass is 9.79. The summed E-state index contributed by atoms with van der Waals surface area (Å²) in [6, 6.07) is 10.7. The summed E-state index contributed by atoms with van der Waals surface area (Å²) in [5, 5.41) is 8.44. The number of carbonyl (C=O) groups excluding carboxylic acids is 1. The van der Waals surface area contributed by atoms with Crippen LogP contribution >= 0.6 is 11.3 Å². The van der Waals surface area contributed by atoms with Crippen LogP contribution in [-0.4, -0.2) is 44.4 Å². The number of primary sulfonamides is 1. The number of nitrogens with one attached hydrogen (secondary N) is 1. The molecule has 27 heavy (non-hydrogen) atoms. The zero-order chi connectivity index (χ0) is 19.2. The molecule has 3 N–H and O–H groups in total. The fourth-order valence-electron chi connectivity index (χ4n) is 4.21. The standard InChI is InChI=1S/C19H23N3O3S2/c1-12-18(13-7-9-22(12)10-8-13)21-19(23)17-6-5-16(26-17)14-3-2-4-15(11-14)27(20,24)25/h2-6,11-13,18H,7-10H2,1H3,(H,21,23)(H2,20,24,25). The molecule has 2 atom stereocenters. The topological polar surface area (TPSA) is 92.5 Å². The molecule has 2 bridgehead atoms. The van der Waals surface area contributed by atoms with Gasteiger partial charge in [-0.15, -0.1) is 11.3 Å². The number of carbonyl (C=O) groups is 1. The summed E-state index contributed by atoms with van der Waals surface area (Å²) in [6.45, 7) is 4.44.